The topological polar surface area (TPSA) is 75.6 Å². The number of ether oxygens (including phenoxy) is 1. The molecule has 0 spiro atoms. The first-order chi connectivity index (χ1) is 7.14. The fourth-order valence-electron chi connectivity index (χ4n) is 1.80. The summed E-state index contributed by atoms with van der Waals surface area (Å²) in [6.07, 6.45) is 2.75. The number of carboxylic acid groups (broad SMARTS) is 1. The maximum absolute atomic E-state index is 11.7. The Bertz CT molecular complexity index is 279. The number of nitrogens with one attached hydrogen (secondary N) is 1. The third-order valence-electron chi connectivity index (χ3n) is 3.05. The van der Waals surface area contributed by atoms with E-state index in [2.05, 4.69) is 5.32 Å². The Kier molecular flexibility index (Phi) is 2.65. The van der Waals surface area contributed by atoms with Gasteiger partial charge in [0.2, 0.25) is 5.91 Å². The van der Waals surface area contributed by atoms with Crippen molar-refractivity contribution in [1.29, 1.82) is 0 Å². The van der Waals surface area contributed by atoms with E-state index in [4.69, 9.17) is 9.84 Å². The molecule has 2 aliphatic rings. The fourth-order valence-corrected chi connectivity index (χ4v) is 1.80. The largest absolute Gasteiger partial charge is 0.480 e. The summed E-state index contributed by atoms with van der Waals surface area (Å²) in [6.45, 7) is 1.12. The number of carbonyl (C=O) groups excluding carboxylic acids is 1. The summed E-state index contributed by atoms with van der Waals surface area (Å²) < 4.78 is 5.19. The molecule has 2 fully saturated rings. The van der Waals surface area contributed by atoms with Gasteiger partial charge in [-0.15, -0.1) is 0 Å². The number of carboxylic acids is 1. The predicted molar refractivity (Wildman–Crippen MR) is 51.3 cm³/mol. The van der Waals surface area contributed by atoms with E-state index in [1.54, 1.807) is 0 Å². The molecule has 0 aromatic heterocycles. The summed E-state index contributed by atoms with van der Waals surface area (Å²) in [5, 5.41) is 11.5. The zero-order chi connectivity index (χ0) is 10.9. The van der Waals surface area contributed by atoms with E-state index in [0.29, 0.717) is 26.1 Å². The molecule has 0 aromatic rings. The molecule has 1 atom stereocenters. The van der Waals surface area contributed by atoms with Crippen molar-refractivity contribution >= 4 is 11.9 Å². The first-order valence-electron chi connectivity index (χ1n) is 5.27. The second-order valence-electron chi connectivity index (χ2n) is 4.29. The van der Waals surface area contributed by atoms with Crippen LogP contribution in [-0.4, -0.2) is 35.7 Å². The van der Waals surface area contributed by atoms with Crippen LogP contribution < -0.4 is 5.32 Å². The van der Waals surface area contributed by atoms with Crippen LogP contribution in [0, 0.1) is 5.92 Å². The smallest absolute Gasteiger partial charge is 0.329 e. The molecule has 1 aliphatic carbocycles. The highest BCUT2D eigenvalue weighted by atomic mass is 16.5. The fraction of sp³-hybridized carbons (Fsp3) is 0.800. The average molecular weight is 213 g/mol. The SMILES string of the molecule is O=C(NC1(C(=O)O)CC1)C1CCCOC1. The molecule has 0 bridgehead atoms. The lowest BCUT2D eigenvalue weighted by Crippen LogP contribution is -2.47. The number of rotatable bonds is 3. The van der Waals surface area contributed by atoms with Crippen molar-refractivity contribution in [3.8, 4) is 0 Å². The summed E-state index contributed by atoms with van der Waals surface area (Å²) in [7, 11) is 0. The third-order valence-corrected chi connectivity index (χ3v) is 3.05. The highest BCUT2D eigenvalue weighted by Crippen LogP contribution is 2.36. The van der Waals surface area contributed by atoms with E-state index < -0.39 is 11.5 Å². The molecule has 15 heavy (non-hydrogen) atoms. The van der Waals surface area contributed by atoms with Crippen LogP contribution in [0.5, 0.6) is 0 Å². The van der Waals surface area contributed by atoms with E-state index in [0.717, 1.165) is 12.8 Å². The first-order valence-corrected chi connectivity index (χ1v) is 5.27. The van der Waals surface area contributed by atoms with Gasteiger partial charge in [-0.2, -0.15) is 0 Å². The van der Waals surface area contributed by atoms with Crippen LogP contribution >= 0.6 is 0 Å². The monoisotopic (exact) mass is 213 g/mol. The zero-order valence-electron chi connectivity index (χ0n) is 8.49. The van der Waals surface area contributed by atoms with Crippen molar-refractivity contribution in [2.24, 2.45) is 5.92 Å². The molecule has 2 rings (SSSR count). The Morgan fingerprint density at radius 1 is 1.40 bits per heavy atom. The minimum absolute atomic E-state index is 0.171. The van der Waals surface area contributed by atoms with Crippen LogP contribution in [-0.2, 0) is 14.3 Å². The molecule has 1 heterocycles. The summed E-state index contributed by atoms with van der Waals surface area (Å²) in [6, 6.07) is 0. The molecule has 1 amide bonds. The van der Waals surface area contributed by atoms with Crippen LogP contribution in [0.3, 0.4) is 0 Å². The molecular formula is C10H15NO4. The maximum Gasteiger partial charge on any atom is 0.329 e. The van der Waals surface area contributed by atoms with Gasteiger partial charge >= 0.3 is 5.97 Å². The molecule has 1 aliphatic heterocycles. The number of amides is 1. The molecule has 1 saturated heterocycles. The minimum atomic E-state index is -0.964. The summed E-state index contributed by atoms with van der Waals surface area (Å²) >= 11 is 0. The second kappa shape index (κ2) is 3.81. The number of carbonyl (C=O) groups is 2. The summed E-state index contributed by atoms with van der Waals surface area (Å²) in [5.41, 5.74) is -0.964. The van der Waals surface area contributed by atoms with Gasteiger partial charge in [-0.05, 0) is 25.7 Å². The third kappa shape index (κ3) is 2.12. The number of hydrogen-bond donors (Lipinski definition) is 2. The van der Waals surface area contributed by atoms with E-state index >= 15 is 0 Å². The lowest BCUT2D eigenvalue weighted by Gasteiger charge is -2.23. The van der Waals surface area contributed by atoms with Gasteiger partial charge in [0.05, 0.1) is 12.5 Å². The van der Waals surface area contributed by atoms with Crippen molar-refractivity contribution in [3.63, 3.8) is 0 Å². The highest BCUT2D eigenvalue weighted by molar-refractivity contribution is 5.90. The van der Waals surface area contributed by atoms with Gasteiger partial charge in [0.1, 0.15) is 5.54 Å². The molecule has 1 saturated carbocycles. The maximum atomic E-state index is 11.7. The van der Waals surface area contributed by atoms with Crippen LogP contribution in [0.1, 0.15) is 25.7 Å². The number of aliphatic carboxylic acids is 1. The van der Waals surface area contributed by atoms with Crippen molar-refractivity contribution in [3.05, 3.63) is 0 Å². The van der Waals surface area contributed by atoms with Gasteiger partial charge < -0.3 is 15.2 Å². The van der Waals surface area contributed by atoms with Crippen LogP contribution in [0.2, 0.25) is 0 Å². The molecule has 5 heteroatoms. The van der Waals surface area contributed by atoms with Crippen molar-refractivity contribution in [1.82, 2.24) is 5.32 Å². The Hall–Kier alpha value is -1.10. The van der Waals surface area contributed by atoms with Gasteiger partial charge in [-0.1, -0.05) is 0 Å². The zero-order valence-corrected chi connectivity index (χ0v) is 8.49. The molecule has 0 aromatic carbocycles. The van der Waals surface area contributed by atoms with Gasteiger partial charge in [-0.3, -0.25) is 4.79 Å². The second-order valence-corrected chi connectivity index (χ2v) is 4.29. The van der Waals surface area contributed by atoms with Crippen LogP contribution in [0.25, 0.3) is 0 Å². The number of hydrogen-bond acceptors (Lipinski definition) is 3. The van der Waals surface area contributed by atoms with E-state index in [9.17, 15) is 9.59 Å². The van der Waals surface area contributed by atoms with Gasteiger partial charge in [0.25, 0.3) is 0 Å². The Morgan fingerprint density at radius 3 is 2.60 bits per heavy atom. The van der Waals surface area contributed by atoms with E-state index in [1.807, 2.05) is 0 Å². The Labute approximate surface area is 87.8 Å². The molecular weight excluding hydrogens is 198 g/mol. The lowest BCUT2D eigenvalue weighted by atomic mass is 10.0. The standard InChI is InChI=1S/C10H15NO4/c12-8(7-2-1-5-15-6-7)11-10(3-4-10)9(13)14/h7H,1-6H2,(H,11,12)(H,13,14). The molecule has 1 unspecified atom stereocenters. The lowest BCUT2D eigenvalue weighted by molar-refractivity contribution is -0.144. The average Bonchev–Trinajstić information content (AvgIpc) is 3.00. The molecule has 84 valence electrons. The summed E-state index contributed by atoms with van der Waals surface area (Å²) in [4.78, 5) is 22.6. The van der Waals surface area contributed by atoms with Gasteiger partial charge in [0, 0.05) is 6.61 Å². The molecule has 5 nitrogen and oxygen atoms in total. The van der Waals surface area contributed by atoms with Gasteiger partial charge in [0.15, 0.2) is 0 Å². The van der Waals surface area contributed by atoms with Crippen molar-refractivity contribution in [2.75, 3.05) is 13.2 Å². The van der Waals surface area contributed by atoms with Crippen molar-refractivity contribution in [2.45, 2.75) is 31.2 Å². The highest BCUT2D eigenvalue weighted by Gasteiger charge is 2.52. The van der Waals surface area contributed by atoms with E-state index in [-0.39, 0.29) is 11.8 Å². The molecule has 2 N–H and O–H groups in total. The van der Waals surface area contributed by atoms with Crippen LogP contribution in [0.15, 0.2) is 0 Å². The van der Waals surface area contributed by atoms with Gasteiger partial charge in [-0.25, -0.2) is 4.79 Å². The normalized spacial score (nSPS) is 28.1. The van der Waals surface area contributed by atoms with Crippen molar-refractivity contribution < 1.29 is 19.4 Å². The molecule has 0 radical (unpaired) electrons. The van der Waals surface area contributed by atoms with Crippen LogP contribution in [0.4, 0.5) is 0 Å². The minimum Gasteiger partial charge on any atom is -0.480 e. The first kappa shape index (κ1) is 10.4. The quantitative estimate of drug-likeness (QED) is 0.699. The summed E-state index contributed by atoms with van der Waals surface area (Å²) in [5.74, 6) is -1.27. The Balaban J connectivity index is 1.89. The Morgan fingerprint density at radius 2 is 2.13 bits per heavy atom. The predicted octanol–water partition coefficient (Wildman–Crippen LogP) is 0.146. The van der Waals surface area contributed by atoms with E-state index in [1.165, 1.54) is 0 Å².